The van der Waals surface area contributed by atoms with E-state index in [-0.39, 0.29) is 25.0 Å². The third-order valence-corrected chi connectivity index (χ3v) is 5.98. The van der Waals surface area contributed by atoms with Crippen molar-refractivity contribution in [3.8, 4) is 0 Å². The van der Waals surface area contributed by atoms with Gasteiger partial charge in [-0.15, -0.1) is 0 Å². The molecular formula is C29H56O7. The van der Waals surface area contributed by atoms with Crippen LogP contribution in [-0.2, 0) is 33.3 Å². The first-order valence-corrected chi connectivity index (χ1v) is 14.7. The lowest BCUT2D eigenvalue weighted by molar-refractivity contribution is -0.146. The van der Waals surface area contributed by atoms with Crippen LogP contribution in [0.25, 0.3) is 0 Å². The quantitative estimate of drug-likeness (QED) is 0.0799. The highest BCUT2D eigenvalue weighted by Gasteiger charge is 2.03. The van der Waals surface area contributed by atoms with E-state index in [0.29, 0.717) is 52.7 Å². The number of carbonyl (C=O) groups is 2. The highest BCUT2D eigenvalue weighted by molar-refractivity contribution is 5.69. The van der Waals surface area contributed by atoms with Gasteiger partial charge in [0.1, 0.15) is 6.61 Å². The minimum atomic E-state index is -0.248. The van der Waals surface area contributed by atoms with E-state index >= 15 is 0 Å². The zero-order valence-electron chi connectivity index (χ0n) is 23.5. The molecule has 0 unspecified atom stereocenters. The van der Waals surface area contributed by atoms with Gasteiger partial charge in [0, 0.05) is 6.42 Å². The molecular weight excluding hydrogens is 460 g/mol. The van der Waals surface area contributed by atoms with Crippen LogP contribution in [0.15, 0.2) is 0 Å². The maximum atomic E-state index is 11.8. The summed E-state index contributed by atoms with van der Waals surface area (Å²) in [6.07, 6.45) is 20.5. The van der Waals surface area contributed by atoms with E-state index in [4.69, 9.17) is 23.7 Å². The molecule has 0 amide bonds. The summed E-state index contributed by atoms with van der Waals surface area (Å²) in [7, 11) is 0. The molecule has 0 rings (SSSR count). The average molecular weight is 517 g/mol. The number of esters is 2. The molecule has 0 heterocycles. The largest absolute Gasteiger partial charge is 0.466 e. The van der Waals surface area contributed by atoms with Crippen LogP contribution in [0.4, 0.5) is 0 Å². The molecule has 0 N–H and O–H groups in total. The van der Waals surface area contributed by atoms with E-state index in [1.807, 2.05) is 0 Å². The van der Waals surface area contributed by atoms with E-state index in [2.05, 4.69) is 6.92 Å². The van der Waals surface area contributed by atoms with Crippen LogP contribution in [-0.4, -0.2) is 64.8 Å². The smallest absolute Gasteiger partial charge is 0.308 e. The van der Waals surface area contributed by atoms with Crippen LogP contribution in [0.5, 0.6) is 0 Å². The van der Waals surface area contributed by atoms with Crippen molar-refractivity contribution in [3.63, 3.8) is 0 Å². The van der Waals surface area contributed by atoms with Gasteiger partial charge in [-0.1, -0.05) is 96.8 Å². The normalized spacial score (nSPS) is 11.1. The Morgan fingerprint density at radius 3 is 1.28 bits per heavy atom. The molecule has 0 aromatic rings. The zero-order valence-corrected chi connectivity index (χ0v) is 23.5. The highest BCUT2D eigenvalue weighted by Crippen LogP contribution is 2.13. The molecule has 0 atom stereocenters. The zero-order chi connectivity index (χ0) is 26.4. The van der Waals surface area contributed by atoms with Gasteiger partial charge in [0.25, 0.3) is 0 Å². The van der Waals surface area contributed by atoms with Gasteiger partial charge in [-0.25, -0.2) is 0 Å². The van der Waals surface area contributed by atoms with E-state index in [1.165, 1.54) is 83.5 Å². The van der Waals surface area contributed by atoms with Gasteiger partial charge >= 0.3 is 11.9 Å². The molecule has 0 aliphatic heterocycles. The maximum Gasteiger partial charge on any atom is 0.308 e. The third-order valence-electron chi connectivity index (χ3n) is 5.98. The number of unbranched alkanes of at least 4 members (excludes halogenated alkanes) is 14. The second-order valence-electron chi connectivity index (χ2n) is 9.31. The molecule has 0 aromatic heterocycles. The Hall–Kier alpha value is -1.18. The Morgan fingerprint density at radius 1 is 0.417 bits per heavy atom. The van der Waals surface area contributed by atoms with Crippen LogP contribution in [0.2, 0.25) is 0 Å². The van der Waals surface area contributed by atoms with E-state index < -0.39 is 0 Å². The first kappa shape index (κ1) is 34.8. The molecule has 0 aliphatic rings. The van der Waals surface area contributed by atoms with E-state index in [0.717, 1.165) is 12.8 Å². The molecule has 0 saturated carbocycles. The molecule has 0 bridgehead atoms. The second kappa shape index (κ2) is 30.0. The van der Waals surface area contributed by atoms with Gasteiger partial charge in [-0.05, 0) is 13.3 Å². The summed E-state index contributed by atoms with van der Waals surface area (Å²) in [5, 5.41) is 0. The van der Waals surface area contributed by atoms with Gasteiger partial charge in [0.15, 0.2) is 0 Å². The fraction of sp³-hybridized carbons (Fsp3) is 0.931. The van der Waals surface area contributed by atoms with Crippen molar-refractivity contribution >= 4 is 11.9 Å². The summed E-state index contributed by atoms with van der Waals surface area (Å²) in [6, 6.07) is 0. The molecule has 0 fully saturated rings. The van der Waals surface area contributed by atoms with Crippen molar-refractivity contribution in [2.75, 3.05) is 52.9 Å². The lowest BCUT2D eigenvalue weighted by Gasteiger charge is -2.08. The van der Waals surface area contributed by atoms with Gasteiger partial charge in [0.05, 0.1) is 52.7 Å². The second-order valence-corrected chi connectivity index (χ2v) is 9.31. The molecule has 36 heavy (non-hydrogen) atoms. The van der Waals surface area contributed by atoms with Crippen molar-refractivity contribution in [1.29, 1.82) is 0 Å². The molecule has 0 spiro atoms. The number of ether oxygens (including phenoxy) is 5. The molecule has 214 valence electrons. The Morgan fingerprint density at radius 2 is 0.806 bits per heavy atom. The Labute approximate surface area is 221 Å². The summed E-state index contributed by atoms with van der Waals surface area (Å²) in [4.78, 5) is 22.9. The number of hydrogen-bond acceptors (Lipinski definition) is 7. The fourth-order valence-corrected chi connectivity index (χ4v) is 3.86. The van der Waals surface area contributed by atoms with Crippen molar-refractivity contribution < 1.29 is 33.3 Å². The van der Waals surface area contributed by atoms with Crippen LogP contribution in [0.1, 0.15) is 123 Å². The lowest BCUT2D eigenvalue weighted by Crippen LogP contribution is -2.14. The van der Waals surface area contributed by atoms with Gasteiger partial charge in [-0.2, -0.15) is 0 Å². The van der Waals surface area contributed by atoms with Crippen molar-refractivity contribution in [2.24, 2.45) is 0 Å². The summed E-state index contributed by atoms with van der Waals surface area (Å²) < 4.78 is 26.1. The highest BCUT2D eigenvalue weighted by atomic mass is 16.6. The predicted octanol–water partition coefficient (Wildman–Crippen LogP) is 6.79. The minimum absolute atomic E-state index is 0.135. The average Bonchev–Trinajstić information content (AvgIpc) is 2.87. The lowest BCUT2D eigenvalue weighted by atomic mass is 10.0. The predicted molar refractivity (Wildman–Crippen MR) is 144 cm³/mol. The van der Waals surface area contributed by atoms with Crippen LogP contribution in [0.3, 0.4) is 0 Å². The van der Waals surface area contributed by atoms with Crippen molar-refractivity contribution in [2.45, 2.75) is 123 Å². The maximum absolute atomic E-state index is 11.8. The number of hydrogen-bond donors (Lipinski definition) is 0. The molecule has 7 nitrogen and oxygen atoms in total. The topological polar surface area (TPSA) is 80.3 Å². The number of rotatable bonds is 29. The van der Waals surface area contributed by atoms with Gasteiger partial charge in [0.2, 0.25) is 0 Å². The van der Waals surface area contributed by atoms with Gasteiger partial charge < -0.3 is 23.7 Å². The van der Waals surface area contributed by atoms with Crippen LogP contribution < -0.4 is 0 Å². The third kappa shape index (κ3) is 29.1. The van der Waals surface area contributed by atoms with E-state index in [9.17, 15) is 9.59 Å². The number of carbonyl (C=O) groups excluding carboxylic acids is 2. The molecule has 0 aromatic carbocycles. The fourth-order valence-electron chi connectivity index (χ4n) is 3.86. The Kier molecular flexibility index (Phi) is 29.1. The van der Waals surface area contributed by atoms with Crippen molar-refractivity contribution in [1.82, 2.24) is 0 Å². The first-order valence-electron chi connectivity index (χ1n) is 14.7. The standard InChI is InChI=1S/C29H56O7/c1-3-5-6-7-8-9-10-11-12-13-14-15-16-17-18-19-28(30)36-27-26-34-25-24-33-23-22-32-21-20-29(31)35-4-2/h3-27H2,1-2H3. The van der Waals surface area contributed by atoms with E-state index in [1.54, 1.807) is 6.92 Å². The molecule has 0 aliphatic carbocycles. The minimum Gasteiger partial charge on any atom is -0.466 e. The molecule has 0 saturated heterocycles. The van der Waals surface area contributed by atoms with Crippen LogP contribution in [0, 0.1) is 0 Å². The summed E-state index contributed by atoms with van der Waals surface area (Å²) >= 11 is 0. The van der Waals surface area contributed by atoms with Crippen LogP contribution >= 0.6 is 0 Å². The Balaban J connectivity index is 3.18. The van der Waals surface area contributed by atoms with Gasteiger partial charge in [-0.3, -0.25) is 9.59 Å². The summed E-state index contributed by atoms with van der Waals surface area (Å²) in [5.41, 5.74) is 0. The summed E-state index contributed by atoms with van der Waals surface area (Å²) in [6.45, 7) is 7.21. The first-order chi connectivity index (χ1) is 17.7. The summed E-state index contributed by atoms with van der Waals surface area (Å²) in [5.74, 6) is -0.383. The molecule has 7 heteroatoms. The molecule has 0 radical (unpaired) electrons. The SMILES string of the molecule is CCCCCCCCCCCCCCCCCC(=O)OCCOCCOCCOCCC(=O)OCC. The monoisotopic (exact) mass is 516 g/mol. The Bertz CT molecular complexity index is 471. The van der Waals surface area contributed by atoms with Crippen molar-refractivity contribution in [3.05, 3.63) is 0 Å².